The van der Waals surface area contributed by atoms with Crippen LogP contribution >= 0.6 is 27.3 Å². The summed E-state index contributed by atoms with van der Waals surface area (Å²) in [6.07, 6.45) is 0.973. The first-order chi connectivity index (χ1) is 8.65. The minimum absolute atomic E-state index is 0.775. The Kier molecular flexibility index (Phi) is 4.74. The van der Waals surface area contributed by atoms with Crippen LogP contribution in [0.5, 0.6) is 0 Å². The smallest absolute Gasteiger partial charge is 0.0897 e. The van der Waals surface area contributed by atoms with Gasteiger partial charge in [-0.3, -0.25) is 0 Å². The Hall–Kier alpha value is -0.910. The number of hydrogen-bond acceptors (Lipinski definition) is 4. The van der Waals surface area contributed by atoms with Crippen molar-refractivity contribution in [1.29, 1.82) is 0 Å². The predicted molar refractivity (Wildman–Crippen MR) is 80.8 cm³/mol. The Labute approximate surface area is 120 Å². The van der Waals surface area contributed by atoms with E-state index in [1.165, 1.54) is 11.3 Å². The van der Waals surface area contributed by atoms with Gasteiger partial charge in [0.1, 0.15) is 0 Å². The van der Waals surface area contributed by atoms with E-state index in [-0.39, 0.29) is 0 Å². The molecule has 0 amide bonds. The molecule has 1 aromatic heterocycles. The van der Waals surface area contributed by atoms with E-state index in [4.69, 9.17) is 5.73 Å². The second kappa shape index (κ2) is 6.31. The van der Waals surface area contributed by atoms with Crippen molar-refractivity contribution in [3.63, 3.8) is 0 Å². The maximum Gasteiger partial charge on any atom is 0.0897 e. The van der Waals surface area contributed by atoms with E-state index in [0.29, 0.717) is 0 Å². The number of aromatic nitrogens is 1. The average molecular weight is 326 g/mol. The zero-order chi connectivity index (χ0) is 13.0. The molecule has 0 radical (unpaired) electrons. The molecule has 1 aromatic carbocycles. The van der Waals surface area contributed by atoms with Gasteiger partial charge in [-0.2, -0.15) is 0 Å². The number of anilines is 1. The molecule has 3 N–H and O–H groups in total. The fourth-order valence-corrected chi connectivity index (χ4v) is 2.73. The lowest BCUT2D eigenvalue weighted by atomic mass is 10.2. The van der Waals surface area contributed by atoms with E-state index in [1.807, 2.05) is 19.1 Å². The van der Waals surface area contributed by atoms with Crippen molar-refractivity contribution in [2.75, 3.05) is 12.3 Å². The Morgan fingerprint density at radius 2 is 2.28 bits per heavy atom. The Morgan fingerprint density at radius 1 is 1.44 bits per heavy atom. The largest absolute Gasteiger partial charge is 0.398 e. The molecule has 0 unspecified atom stereocenters. The van der Waals surface area contributed by atoms with Gasteiger partial charge in [-0.1, -0.05) is 6.07 Å². The topological polar surface area (TPSA) is 50.9 Å². The minimum Gasteiger partial charge on any atom is -0.398 e. The highest BCUT2D eigenvalue weighted by molar-refractivity contribution is 9.10. The maximum absolute atomic E-state index is 5.75. The monoisotopic (exact) mass is 325 g/mol. The molecule has 0 aliphatic rings. The zero-order valence-electron chi connectivity index (χ0n) is 10.2. The van der Waals surface area contributed by atoms with Crippen LogP contribution in [-0.4, -0.2) is 11.5 Å². The molecule has 0 spiro atoms. The molecule has 5 heteroatoms. The van der Waals surface area contributed by atoms with E-state index in [2.05, 4.69) is 37.7 Å². The number of halogens is 1. The van der Waals surface area contributed by atoms with Crippen molar-refractivity contribution in [3.8, 4) is 0 Å². The first-order valence-corrected chi connectivity index (χ1v) is 7.48. The number of rotatable bonds is 5. The number of nitrogens with zero attached hydrogens (tertiary/aromatic N) is 1. The standard InChI is InChI=1S/C13H16BrN3S/c1-9-17-11(8-18-9)4-5-16-7-10-2-3-13(15)12(14)6-10/h2-3,6,8,16H,4-5,7,15H2,1H3. The van der Waals surface area contributed by atoms with Gasteiger partial charge in [0, 0.05) is 35.1 Å². The van der Waals surface area contributed by atoms with E-state index in [0.717, 1.165) is 34.7 Å². The zero-order valence-corrected chi connectivity index (χ0v) is 12.6. The third kappa shape index (κ3) is 3.80. The summed E-state index contributed by atoms with van der Waals surface area (Å²) in [5.41, 5.74) is 8.92. The van der Waals surface area contributed by atoms with Crippen molar-refractivity contribution in [1.82, 2.24) is 10.3 Å². The van der Waals surface area contributed by atoms with Crippen LogP contribution in [0.3, 0.4) is 0 Å². The molecule has 0 saturated carbocycles. The number of thiazole rings is 1. The summed E-state index contributed by atoms with van der Waals surface area (Å²) in [6.45, 7) is 3.82. The molecule has 0 aliphatic heterocycles. The molecule has 0 fully saturated rings. The highest BCUT2D eigenvalue weighted by atomic mass is 79.9. The van der Waals surface area contributed by atoms with Crippen molar-refractivity contribution < 1.29 is 0 Å². The van der Waals surface area contributed by atoms with Crippen LogP contribution in [0.4, 0.5) is 5.69 Å². The minimum atomic E-state index is 0.775. The summed E-state index contributed by atoms with van der Waals surface area (Å²) in [5.74, 6) is 0. The quantitative estimate of drug-likeness (QED) is 0.656. The molecule has 2 rings (SSSR count). The summed E-state index contributed by atoms with van der Waals surface area (Å²) in [5, 5.41) is 6.66. The van der Waals surface area contributed by atoms with E-state index >= 15 is 0 Å². The van der Waals surface area contributed by atoms with Gasteiger partial charge >= 0.3 is 0 Å². The highest BCUT2D eigenvalue weighted by Crippen LogP contribution is 2.20. The number of nitrogens with one attached hydrogen (secondary N) is 1. The summed E-state index contributed by atoms with van der Waals surface area (Å²) in [7, 11) is 0. The molecule has 0 saturated heterocycles. The van der Waals surface area contributed by atoms with Gasteiger partial charge in [0.15, 0.2) is 0 Å². The third-order valence-corrected chi connectivity index (χ3v) is 4.13. The van der Waals surface area contributed by atoms with E-state index in [1.54, 1.807) is 11.3 Å². The Balaban J connectivity index is 1.76. The van der Waals surface area contributed by atoms with Crippen molar-refractivity contribution in [3.05, 3.63) is 44.3 Å². The summed E-state index contributed by atoms with van der Waals surface area (Å²) in [6, 6.07) is 6.01. The van der Waals surface area contributed by atoms with Gasteiger partial charge < -0.3 is 11.1 Å². The lowest BCUT2D eigenvalue weighted by molar-refractivity contribution is 0.681. The van der Waals surface area contributed by atoms with Crippen LogP contribution in [0.2, 0.25) is 0 Å². The number of hydrogen-bond donors (Lipinski definition) is 2. The second-order valence-electron chi connectivity index (χ2n) is 4.14. The van der Waals surface area contributed by atoms with Gasteiger partial charge in [0.25, 0.3) is 0 Å². The maximum atomic E-state index is 5.75. The highest BCUT2D eigenvalue weighted by Gasteiger charge is 2.00. The summed E-state index contributed by atoms with van der Waals surface area (Å²) >= 11 is 5.14. The molecule has 0 atom stereocenters. The van der Waals surface area contributed by atoms with Crippen LogP contribution in [0.15, 0.2) is 28.1 Å². The molecule has 0 bridgehead atoms. The van der Waals surface area contributed by atoms with Gasteiger partial charge in [-0.15, -0.1) is 11.3 Å². The van der Waals surface area contributed by atoms with Crippen LogP contribution in [-0.2, 0) is 13.0 Å². The molecule has 18 heavy (non-hydrogen) atoms. The molecule has 96 valence electrons. The fourth-order valence-electron chi connectivity index (χ4n) is 1.65. The molecule has 2 aromatic rings. The van der Waals surface area contributed by atoms with Gasteiger partial charge in [-0.25, -0.2) is 4.98 Å². The first-order valence-electron chi connectivity index (χ1n) is 5.81. The fraction of sp³-hybridized carbons (Fsp3) is 0.308. The number of nitrogen functional groups attached to an aromatic ring is 1. The molecular weight excluding hydrogens is 310 g/mol. The molecule has 1 heterocycles. The Bertz CT molecular complexity index is 525. The second-order valence-corrected chi connectivity index (χ2v) is 6.06. The summed E-state index contributed by atoms with van der Waals surface area (Å²) < 4.78 is 0.955. The lowest BCUT2D eigenvalue weighted by Crippen LogP contribution is -2.16. The van der Waals surface area contributed by atoms with Crippen LogP contribution in [0, 0.1) is 6.92 Å². The predicted octanol–water partition coefficient (Wildman–Crippen LogP) is 3.13. The third-order valence-electron chi connectivity index (χ3n) is 2.62. The van der Waals surface area contributed by atoms with Crippen molar-refractivity contribution >= 4 is 33.0 Å². The molecule has 3 nitrogen and oxygen atoms in total. The van der Waals surface area contributed by atoms with Gasteiger partial charge in [0.2, 0.25) is 0 Å². The number of aryl methyl sites for hydroxylation is 1. The van der Waals surface area contributed by atoms with Crippen LogP contribution in [0.1, 0.15) is 16.3 Å². The first kappa shape index (κ1) is 13.5. The Morgan fingerprint density at radius 3 is 2.94 bits per heavy atom. The number of benzene rings is 1. The SMILES string of the molecule is Cc1nc(CCNCc2ccc(N)c(Br)c2)cs1. The molecular formula is C13H16BrN3S. The summed E-state index contributed by atoms with van der Waals surface area (Å²) in [4.78, 5) is 4.44. The number of nitrogens with two attached hydrogens (primary N) is 1. The molecule has 0 aliphatic carbocycles. The van der Waals surface area contributed by atoms with Crippen LogP contribution in [0.25, 0.3) is 0 Å². The van der Waals surface area contributed by atoms with Gasteiger partial charge in [0.05, 0.1) is 10.7 Å². The van der Waals surface area contributed by atoms with Gasteiger partial charge in [-0.05, 0) is 40.5 Å². The van der Waals surface area contributed by atoms with Crippen LogP contribution < -0.4 is 11.1 Å². The normalized spacial score (nSPS) is 10.8. The lowest BCUT2D eigenvalue weighted by Gasteiger charge is -2.05. The van der Waals surface area contributed by atoms with E-state index < -0.39 is 0 Å². The van der Waals surface area contributed by atoms with Crippen molar-refractivity contribution in [2.24, 2.45) is 0 Å². The average Bonchev–Trinajstić information content (AvgIpc) is 2.75. The van der Waals surface area contributed by atoms with E-state index in [9.17, 15) is 0 Å². The van der Waals surface area contributed by atoms with Crippen molar-refractivity contribution in [2.45, 2.75) is 19.9 Å².